The number of para-hydroxylation sites is 3. The monoisotopic (exact) mass is 1890 g/mol. The van der Waals surface area contributed by atoms with E-state index in [-0.39, 0.29) is 0 Å². The molecular formula is C105H67Br5N12. The van der Waals surface area contributed by atoms with Crippen molar-refractivity contribution in [1.82, 2.24) is 57.7 Å². The van der Waals surface area contributed by atoms with Gasteiger partial charge in [0, 0.05) is 126 Å². The molecule has 0 atom stereocenters. The van der Waals surface area contributed by atoms with E-state index >= 15 is 0 Å². The molecule has 0 unspecified atom stereocenters. The first-order chi connectivity index (χ1) is 60.1. The maximum Gasteiger partial charge on any atom is 0.235 e. The zero-order valence-corrected chi connectivity index (χ0v) is 72.9. The quantitative estimate of drug-likeness (QED) is 0.149. The molecule has 0 bridgehead atoms. The second-order valence-electron chi connectivity index (χ2n) is 29.1. The van der Waals surface area contributed by atoms with Crippen LogP contribution in [-0.2, 0) is 0 Å². The van der Waals surface area contributed by atoms with Crippen molar-refractivity contribution in [2.24, 2.45) is 0 Å². The molecule has 0 aliphatic carbocycles. The summed E-state index contributed by atoms with van der Waals surface area (Å²) in [6.07, 6.45) is 11.2. The van der Waals surface area contributed by atoms with Crippen LogP contribution >= 0.6 is 79.6 Å². The van der Waals surface area contributed by atoms with E-state index in [1.165, 1.54) is 60.6 Å². The van der Waals surface area contributed by atoms with Crippen LogP contribution in [0.1, 0.15) is 0 Å². The molecule has 11 heterocycles. The van der Waals surface area contributed by atoms with Crippen LogP contribution in [0, 0.1) is 0 Å². The predicted molar refractivity (Wildman–Crippen MR) is 521 cm³/mol. The van der Waals surface area contributed by atoms with Crippen LogP contribution < -0.4 is 0 Å². The molecule has 0 N–H and O–H groups in total. The molecule has 12 nitrogen and oxygen atoms in total. The fraction of sp³-hybridized carbons (Fsp3) is 0. The van der Waals surface area contributed by atoms with E-state index < -0.39 is 0 Å². The average molecular weight is 1900 g/mol. The summed E-state index contributed by atoms with van der Waals surface area (Å²) in [5.74, 6) is 0.642. The van der Waals surface area contributed by atoms with Gasteiger partial charge in [-0.25, -0.2) is 9.97 Å². The van der Waals surface area contributed by atoms with Gasteiger partial charge >= 0.3 is 0 Å². The highest BCUT2D eigenvalue weighted by atomic mass is 79.9. The normalized spacial score (nSPS) is 11.3. The van der Waals surface area contributed by atoms with Crippen LogP contribution in [0.3, 0.4) is 0 Å². The summed E-state index contributed by atoms with van der Waals surface area (Å²) in [5, 5.41) is 7.96. The van der Waals surface area contributed by atoms with Crippen LogP contribution in [0.2, 0.25) is 0 Å². The second-order valence-corrected chi connectivity index (χ2v) is 33.7. The maximum absolute atomic E-state index is 5.05. The maximum atomic E-state index is 5.05. The van der Waals surface area contributed by atoms with E-state index in [2.05, 4.69) is 406 Å². The van der Waals surface area contributed by atoms with Crippen molar-refractivity contribution in [3.05, 3.63) is 430 Å². The molecule has 0 aliphatic heterocycles. The van der Waals surface area contributed by atoms with E-state index in [1.807, 2.05) is 128 Å². The minimum atomic E-state index is 0.642. The van der Waals surface area contributed by atoms with E-state index in [0.29, 0.717) is 5.95 Å². The SMILES string of the molecule is Brc1ccc2c(c1)c1cnccc1n2-c1ccccc1.Brc1ccc2c(c1)c1ncccc1n2-c1ccc(-c2ccccc2)cc1.Brc1ccc2c(c1)c1ncccc1n2-c1cccc(-c2ccccc2)c1.Brc1ccc2c(c1)c1ncccc1n2-c1ccccc1.Brc1ccc2c(c1)c1ncccc1n2-c1nc(-c2ccccc2)c2ccccc2n1. The fourth-order valence-corrected chi connectivity index (χ4v) is 18.2. The first kappa shape index (κ1) is 77.0. The summed E-state index contributed by atoms with van der Waals surface area (Å²) in [4.78, 5) is 32.7. The third-order valence-corrected chi connectivity index (χ3v) is 24.2. The molecule has 0 amide bonds. The minimum absolute atomic E-state index is 0.642. The van der Waals surface area contributed by atoms with Crippen molar-refractivity contribution in [2.45, 2.75) is 0 Å². The van der Waals surface area contributed by atoms with Crippen LogP contribution in [-0.4, -0.2) is 57.7 Å². The molecular weight excluding hydrogens is 1830 g/mol. The Morgan fingerprint density at radius 2 is 0.533 bits per heavy atom. The first-order valence-electron chi connectivity index (χ1n) is 39.6. The molecule has 0 saturated heterocycles. The van der Waals surface area contributed by atoms with Gasteiger partial charge in [-0.15, -0.1) is 0 Å². The lowest BCUT2D eigenvalue weighted by atomic mass is 10.1. The molecule has 17 heteroatoms. The molecule has 0 saturated carbocycles. The number of benzene rings is 13. The average Bonchev–Trinajstić information content (AvgIpc) is 1.59. The number of rotatable bonds is 8. The van der Waals surface area contributed by atoms with Crippen molar-refractivity contribution in [1.29, 1.82) is 0 Å². The Morgan fingerprint density at radius 1 is 0.197 bits per heavy atom. The lowest BCUT2D eigenvalue weighted by Crippen LogP contribution is -2.03. The Labute approximate surface area is 743 Å². The highest BCUT2D eigenvalue weighted by Gasteiger charge is 2.21. The van der Waals surface area contributed by atoms with Crippen LogP contribution in [0.15, 0.2) is 430 Å². The number of halogens is 5. The largest absolute Gasteiger partial charge is 0.309 e. The summed E-state index contributed by atoms with van der Waals surface area (Å²) < 4.78 is 16.5. The molecule has 24 rings (SSSR count). The molecule has 11 aromatic heterocycles. The van der Waals surface area contributed by atoms with Gasteiger partial charge in [0.05, 0.1) is 88.4 Å². The number of pyridine rings is 5. The molecule has 13 aromatic carbocycles. The number of hydrogen-bond donors (Lipinski definition) is 0. The number of fused-ring (bicyclic) bond motifs is 16. The van der Waals surface area contributed by atoms with Gasteiger partial charge in [0.2, 0.25) is 5.95 Å². The Bertz CT molecular complexity index is 7860. The predicted octanol–water partition coefficient (Wildman–Crippen LogP) is 29.7. The van der Waals surface area contributed by atoms with Crippen molar-refractivity contribution in [3.63, 3.8) is 0 Å². The van der Waals surface area contributed by atoms with Gasteiger partial charge in [0.1, 0.15) is 0 Å². The zero-order valence-electron chi connectivity index (χ0n) is 64.9. The van der Waals surface area contributed by atoms with Crippen molar-refractivity contribution >= 4 is 200 Å². The lowest BCUT2D eigenvalue weighted by molar-refractivity contribution is 1.01. The number of hydrogen-bond acceptors (Lipinski definition) is 7. The second kappa shape index (κ2) is 33.9. The molecule has 0 aliphatic rings. The molecule has 0 fully saturated rings. The third-order valence-electron chi connectivity index (χ3n) is 21.8. The van der Waals surface area contributed by atoms with E-state index in [4.69, 9.17) is 9.97 Å². The van der Waals surface area contributed by atoms with Gasteiger partial charge in [-0.1, -0.05) is 250 Å². The van der Waals surface area contributed by atoms with Gasteiger partial charge in [-0.3, -0.25) is 29.5 Å². The molecule has 0 radical (unpaired) electrons. The van der Waals surface area contributed by atoms with E-state index in [0.717, 1.165) is 138 Å². The van der Waals surface area contributed by atoms with Crippen molar-refractivity contribution in [2.75, 3.05) is 0 Å². The third kappa shape index (κ3) is 14.9. The van der Waals surface area contributed by atoms with Crippen molar-refractivity contribution < 1.29 is 0 Å². The lowest BCUT2D eigenvalue weighted by Gasteiger charge is -2.11. The van der Waals surface area contributed by atoms with Crippen LogP contribution in [0.25, 0.3) is 183 Å². The van der Waals surface area contributed by atoms with Gasteiger partial charge in [-0.05, 0) is 222 Å². The topological polar surface area (TPSA) is 115 Å². The van der Waals surface area contributed by atoms with Gasteiger partial charge in [0.25, 0.3) is 0 Å². The van der Waals surface area contributed by atoms with Gasteiger partial charge in [0.15, 0.2) is 0 Å². The van der Waals surface area contributed by atoms with Crippen LogP contribution in [0.4, 0.5) is 0 Å². The molecule has 0 spiro atoms. The number of nitrogens with zero attached hydrogens (tertiary/aromatic N) is 12. The van der Waals surface area contributed by atoms with Gasteiger partial charge in [-0.2, -0.15) is 0 Å². The summed E-state index contributed by atoms with van der Waals surface area (Å²) >= 11 is 17.9. The Balaban J connectivity index is 0.0000000978. The standard InChI is InChI=1S/C25H15BrN4.2C23H15BrN2.2C17H11BrN2/c26-17-12-13-21-19(15-17)24-22(11-6-14-27-24)30(21)25-28-20-10-5-4-9-18(20)23(29-25)16-7-2-1-3-8-16;24-18-11-12-21-20(15-18)23-22(10-5-13-25-23)26(21)19-9-4-8-17(14-19)16-6-2-1-3-7-16;24-18-10-13-21-20(15-18)23-22(7-4-14-25-23)26(21)19-11-8-17(9-12-19)16-5-2-1-3-6-16;18-12-8-9-15-14(11-12)17-16(7-4-10-19-17)20(15)13-5-2-1-3-6-13;18-12-6-7-16-14(10-12)15-11-19-9-8-17(15)20(16)13-4-2-1-3-5-13/h1-15H;2*1-15H;2*1-11H. The highest BCUT2D eigenvalue weighted by Crippen LogP contribution is 2.40. The van der Waals surface area contributed by atoms with Gasteiger partial charge < -0.3 is 18.3 Å². The van der Waals surface area contributed by atoms with Crippen molar-refractivity contribution in [3.8, 4) is 62.2 Å². The smallest absolute Gasteiger partial charge is 0.235 e. The van der Waals surface area contributed by atoms with E-state index in [9.17, 15) is 0 Å². The Morgan fingerprint density at radius 3 is 1.00 bits per heavy atom. The number of aromatic nitrogens is 12. The Hall–Kier alpha value is -13.7. The van der Waals surface area contributed by atoms with Crippen LogP contribution in [0.5, 0.6) is 0 Å². The Kier molecular flexibility index (Phi) is 21.4. The molecule has 582 valence electrons. The fourth-order valence-electron chi connectivity index (χ4n) is 16.4. The zero-order chi connectivity index (χ0) is 82.2. The summed E-state index contributed by atoms with van der Waals surface area (Å²) in [6, 6.07) is 128. The summed E-state index contributed by atoms with van der Waals surface area (Å²) in [7, 11) is 0. The van der Waals surface area contributed by atoms with E-state index in [1.54, 1.807) is 0 Å². The highest BCUT2D eigenvalue weighted by molar-refractivity contribution is 9.11. The summed E-state index contributed by atoms with van der Waals surface area (Å²) in [6.45, 7) is 0. The molecule has 24 aromatic rings. The minimum Gasteiger partial charge on any atom is -0.309 e. The summed E-state index contributed by atoms with van der Waals surface area (Å²) in [5.41, 5.74) is 27.7. The molecule has 122 heavy (non-hydrogen) atoms. The first-order valence-corrected chi connectivity index (χ1v) is 43.5.